The van der Waals surface area contributed by atoms with Crippen molar-refractivity contribution < 1.29 is 9.16 Å². The Labute approximate surface area is 70.3 Å². The third kappa shape index (κ3) is 4.34. The Hall–Kier alpha value is -0.123. The maximum absolute atomic E-state index is 5.58. The molecule has 0 aromatic rings. The molecular formula is C8H18O2Si. The van der Waals surface area contributed by atoms with E-state index in [1.54, 1.807) is 0 Å². The van der Waals surface area contributed by atoms with Crippen LogP contribution in [0.25, 0.3) is 0 Å². The summed E-state index contributed by atoms with van der Waals surface area (Å²) in [4.78, 5) is 0. The molecule has 0 saturated heterocycles. The largest absolute Gasteiger partial charge is 0.411 e. The molecule has 0 radical (unpaired) electrons. The van der Waals surface area contributed by atoms with E-state index in [-0.39, 0.29) is 0 Å². The Balaban J connectivity index is 3.77. The van der Waals surface area contributed by atoms with Gasteiger partial charge in [0.05, 0.1) is 6.23 Å². The summed E-state index contributed by atoms with van der Waals surface area (Å²) in [7, 11) is -1.70. The van der Waals surface area contributed by atoms with Gasteiger partial charge in [-0.15, -0.1) is 6.58 Å². The monoisotopic (exact) mass is 174 g/mol. The smallest absolute Gasteiger partial charge is 0.238 e. The molecule has 0 spiro atoms. The Morgan fingerprint density at radius 1 is 1.36 bits per heavy atom. The van der Waals surface area contributed by atoms with E-state index in [0.29, 0.717) is 0 Å². The van der Waals surface area contributed by atoms with Crippen LogP contribution >= 0.6 is 0 Å². The fourth-order valence-electron chi connectivity index (χ4n) is 0.794. The summed E-state index contributed by atoms with van der Waals surface area (Å²) in [6.07, 6.45) is 0.723. The third-order valence-corrected chi connectivity index (χ3v) is 4.09. The molecule has 0 fully saturated rings. The van der Waals surface area contributed by atoms with E-state index >= 15 is 0 Å². The van der Waals surface area contributed by atoms with Gasteiger partial charge in [-0.1, -0.05) is 5.70 Å². The van der Waals surface area contributed by atoms with E-state index in [1.165, 1.54) is 0 Å². The van der Waals surface area contributed by atoms with Gasteiger partial charge in [0, 0.05) is 13.2 Å². The zero-order valence-electron chi connectivity index (χ0n) is 7.72. The highest BCUT2D eigenvalue weighted by Gasteiger charge is 2.24. The minimum absolute atomic E-state index is 0.723. The van der Waals surface area contributed by atoms with Crippen LogP contribution in [0.3, 0.4) is 0 Å². The predicted octanol–water partition coefficient (Wildman–Crippen LogP) is 1.90. The summed E-state index contributed by atoms with van der Waals surface area (Å²) in [5, 5.41) is 0. The molecule has 0 bridgehead atoms. The van der Waals surface area contributed by atoms with Crippen LogP contribution in [0.15, 0.2) is 12.3 Å². The van der Waals surface area contributed by atoms with E-state index in [0.717, 1.165) is 19.4 Å². The van der Waals surface area contributed by atoms with Gasteiger partial charge >= 0.3 is 0 Å². The molecule has 0 aliphatic heterocycles. The van der Waals surface area contributed by atoms with Gasteiger partial charge in [0.1, 0.15) is 0 Å². The Kier molecular flexibility index (Phi) is 5.46. The van der Waals surface area contributed by atoms with Gasteiger partial charge in [-0.2, -0.15) is 0 Å². The second-order valence-electron chi connectivity index (χ2n) is 2.59. The molecule has 0 aromatic heterocycles. The van der Waals surface area contributed by atoms with E-state index in [2.05, 4.69) is 13.1 Å². The number of hydrogen-bond acceptors (Lipinski definition) is 2. The summed E-state index contributed by atoms with van der Waals surface area (Å²) in [6.45, 7) is 11.4. The van der Waals surface area contributed by atoms with Crippen molar-refractivity contribution in [3.63, 3.8) is 0 Å². The molecule has 0 aliphatic carbocycles. The molecule has 1 unspecified atom stereocenters. The van der Waals surface area contributed by atoms with Crippen molar-refractivity contribution in [3.05, 3.63) is 12.3 Å². The van der Waals surface area contributed by atoms with Crippen LogP contribution in [-0.2, 0) is 9.16 Å². The molecule has 66 valence electrons. The fraction of sp³-hybridized carbons (Fsp3) is 0.750. The lowest BCUT2D eigenvalue weighted by Crippen LogP contribution is -2.38. The third-order valence-electron chi connectivity index (χ3n) is 1.50. The van der Waals surface area contributed by atoms with Crippen molar-refractivity contribution in [2.75, 3.05) is 19.4 Å². The van der Waals surface area contributed by atoms with Crippen molar-refractivity contribution in [2.24, 2.45) is 0 Å². The van der Waals surface area contributed by atoms with E-state index in [9.17, 15) is 0 Å². The van der Waals surface area contributed by atoms with Crippen LogP contribution in [-0.4, -0.2) is 27.8 Å². The van der Waals surface area contributed by atoms with Gasteiger partial charge in [-0.05, 0) is 20.4 Å². The summed E-state index contributed by atoms with van der Waals surface area (Å²) in [5.41, 5.74) is 1.92. The van der Waals surface area contributed by atoms with Gasteiger partial charge in [0.25, 0.3) is 0 Å². The normalized spacial score (nSPS) is 15.9. The average molecular weight is 174 g/mol. The zero-order chi connectivity index (χ0) is 8.74. The molecule has 0 N–H and O–H groups in total. The van der Waals surface area contributed by atoms with Crippen LogP contribution in [0.4, 0.5) is 0 Å². The Morgan fingerprint density at radius 3 is 2.36 bits per heavy atom. The highest BCUT2D eigenvalue weighted by atomic mass is 28.4. The average Bonchev–Trinajstić information content (AvgIpc) is 2.02. The molecule has 0 amide bonds. The van der Waals surface area contributed by atoms with Crippen molar-refractivity contribution in [1.29, 1.82) is 0 Å². The molecule has 0 aliphatic rings. The lowest BCUT2D eigenvalue weighted by atomic mass is 10.9. The molecule has 0 heterocycles. The van der Waals surface area contributed by atoms with Gasteiger partial charge in [0.15, 0.2) is 0 Å². The first-order chi connectivity index (χ1) is 5.18. The lowest BCUT2D eigenvalue weighted by molar-refractivity contribution is 0.169. The van der Waals surface area contributed by atoms with Crippen LogP contribution < -0.4 is 0 Å². The minimum Gasteiger partial charge on any atom is -0.411 e. The zero-order valence-corrected chi connectivity index (χ0v) is 8.72. The first-order valence-electron chi connectivity index (χ1n) is 4.03. The van der Waals surface area contributed by atoms with E-state index in [4.69, 9.17) is 9.16 Å². The molecule has 1 atom stereocenters. The summed E-state index contributed by atoms with van der Waals surface area (Å²) in [6, 6.07) is 0. The standard InChI is InChI=1S/C8H18O2Si/c1-5-9-8-11(4,7-3)10-6-2/h7H,3,5-6,8H2,1-2,4H3. The van der Waals surface area contributed by atoms with Gasteiger partial charge < -0.3 is 9.16 Å². The predicted molar refractivity (Wildman–Crippen MR) is 49.9 cm³/mol. The molecular weight excluding hydrogens is 156 g/mol. The maximum atomic E-state index is 5.58. The van der Waals surface area contributed by atoms with Crippen LogP contribution in [0.2, 0.25) is 6.55 Å². The molecule has 0 aromatic carbocycles. The topological polar surface area (TPSA) is 18.5 Å². The maximum Gasteiger partial charge on any atom is 0.238 e. The highest BCUT2D eigenvalue weighted by molar-refractivity contribution is 6.77. The second-order valence-corrected chi connectivity index (χ2v) is 6.20. The molecule has 0 saturated carbocycles. The number of rotatable bonds is 6. The van der Waals surface area contributed by atoms with Crippen molar-refractivity contribution in [3.8, 4) is 0 Å². The van der Waals surface area contributed by atoms with Crippen molar-refractivity contribution >= 4 is 8.32 Å². The van der Waals surface area contributed by atoms with Crippen LogP contribution in [0.5, 0.6) is 0 Å². The lowest BCUT2D eigenvalue weighted by Gasteiger charge is -2.21. The number of hydrogen-bond donors (Lipinski definition) is 0. The SMILES string of the molecule is C=C[Si](C)(COCC)OCC. The molecule has 0 rings (SSSR count). The molecule has 2 nitrogen and oxygen atoms in total. The minimum atomic E-state index is -1.70. The summed E-state index contributed by atoms with van der Waals surface area (Å²) >= 11 is 0. The second kappa shape index (κ2) is 5.52. The van der Waals surface area contributed by atoms with Gasteiger partial charge in [-0.3, -0.25) is 0 Å². The van der Waals surface area contributed by atoms with Crippen molar-refractivity contribution in [2.45, 2.75) is 20.4 Å². The van der Waals surface area contributed by atoms with Crippen LogP contribution in [0, 0.1) is 0 Å². The Morgan fingerprint density at radius 2 is 2.00 bits per heavy atom. The first kappa shape index (κ1) is 10.9. The van der Waals surface area contributed by atoms with Gasteiger partial charge in [-0.25, -0.2) is 0 Å². The first-order valence-corrected chi connectivity index (χ1v) is 6.73. The molecule has 3 heteroatoms. The molecule has 11 heavy (non-hydrogen) atoms. The highest BCUT2D eigenvalue weighted by Crippen LogP contribution is 2.06. The fourth-order valence-corrected chi connectivity index (χ4v) is 2.38. The van der Waals surface area contributed by atoms with Gasteiger partial charge in [0.2, 0.25) is 8.32 Å². The summed E-state index contributed by atoms with van der Waals surface area (Å²) < 4.78 is 10.9. The van der Waals surface area contributed by atoms with E-state index in [1.807, 2.05) is 19.5 Å². The number of ether oxygens (including phenoxy) is 1. The summed E-state index contributed by atoms with van der Waals surface area (Å²) in [5.74, 6) is 0. The van der Waals surface area contributed by atoms with E-state index < -0.39 is 8.32 Å². The van der Waals surface area contributed by atoms with Crippen LogP contribution in [0.1, 0.15) is 13.8 Å². The quantitative estimate of drug-likeness (QED) is 0.573. The van der Waals surface area contributed by atoms with Crippen molar-refractivity contribution in [1.82, 2.24) is 0 Å². The Bertz CT molecular complexity index is 117.